The summed E-state index contributed by atoms with van der Waals surface area (Å²) in [6, 6.07) is 9.80. The van der Waals surface area contributed by atoms with Crippen LogP contribution < -0.4 is 5.32 Å². The zero-order valence-corrected chi connectivity index (χ0v) is 12.6. The summed E-state index contributed by atoms with van der Waals surface area (Å²) < 4.78 is 1.17. The maximum Gasteiger partial charge on any atom is 0.265 e. The standard InChI is InChI=1S/C13H12INOS/c1-8-7-10(14)4-5-11(8)15-13(16)12-6-3-9(2)17-12/h3-7H,1-2H3,(H,15,16). The van der Waals surface area contributed by atoms with Crippen molar-refractivity contribution in [2.24, 2.45) is 0 Å². The summed E-state index contributed by atoms with van der Waals surface area (Å²) in [5, 5.41) is 2.94. The van der Waals surface area contributed by atoms with Crippen LogP contribution in [0, 0.1) is 17.4 Å². The lowest BCUT2D eigenvalue weighted by Crippen LogP contribution is -2.11. The van der Waals surface area contributed by atoms with Gasteiger partial charge in [0.15, 0.2) is 0 Å². The molecule has 0 aliphatic carbocycles. The molecule has 0 spiro atoms. The van der Waals surface area contributed by atoms with Crippen molar-refractivity contribution < 1.29 is 4.79 Å². The van der Waals surface area contributed by atoms with Gasteiger partial charge in [0.2, 0.25) is 0 Å². The molecule has 1 heterocycles. The van der Waals surface area contributed by atoms with Gasteiger partial charge < -0.3 is 5.32 Å². The summed E-state index contributed by atoms with van der Waals surface area (Å²) in [5.41, 5.74) is 1.96. The van der Waals surface area contributed by atoms with Gasteiger partial charge in [0.1, 0.15) is 0 Å². The van der Waals surface area contributed by atoms with E-state index >= 15 is 0 Å². The lowest BCUT2D eigenvalue weighted by Gasteiger charge is -2.07. The number of nitrogens with one attached hydrogen (secondary N) is 1. The van der Waals surface area contributed by atoms with Crippen LogP contribution in [0.4, 0.5) is 5.69 Å². The van der Waals surface area contributed by atoms with Crippen molar-refractivity contribution in [1.82, 2.24) is 0 Å². The van der Waals surface area contributed by atoms with Crippen LogP contribution in [0.5, 0.6) is 0 Å². The molecule has 88 valence electrons. The number of thiophene rings is 1. The Morgan fingerprint density at radius 1 is 1.24 bits per heavy atom. The quantitative estimate of drug-likeness (QED) is 0.801. The van der Waals surface area contributed by atoms with Crippen LogP contribution in [0.1, 0.15) is 20.1 Å². The highest BCUT2D eigenvalue weighted by atomic mass is 127. The van der Waals surface area contributed by atoms with E-state index in [4.69, 9.17) is 0 Å². The van der Waals surface area contributed by atoms with Gasteiger partial charge in [-0.15, -0.1) is 11.3 Å². The van der Waals surface area contributed by atoms with Crippen LogP contribution in [0.25, 0.3) is 0 Å². The summed E-state index contributed by atoms with van der Waals surface area (Å²) in [4.78, 5) is 13.9. The van der Waals surface area contributed by atoms with Crippen molar-refractivity contribution in [2.75, 3.05) is 5.32 Å². The van der Waals surface area contributed by atoms with Crippen molar-refractivity contribution >= 4 is 45.5 Å². The van der Waals surface area contributed by atoms with Crippen molar-refractivity contribution in [2.45, 2.75) is 13.8 Å². The zero-order chi connectivity index (χ0) is 12.4. The maximum atomic E-state index is 12.0. The number of halogens is 1. The number of carbonyl (C=O) groups is 1. The number of rotatable bonds is 2. The van der Waals surface area contributed by atoms with Crippen LogP contribution in [0.3, 0.4) is 0 Å². The molecule has 0 saturated heterocycles. The Bertz CT molecular complexity index is 562. The van der Waals surface area contributed by atoms with Crippen LogP contribution in [0.2, 0.25) is 0 Å². The molecule has 0 bridgehead atoms. The van der Waals surface area contributed by atoms with Crippen LogP contribution in [0.15, 0.2) is 30.3 Å². The van der Waals surface area contributed by atoms with Gasteiger partial charge in [-0.25, -0.2) is 0 Å². The first-order chi connectivity index (χ1) is 8.06. The predicted octanol–water partition coefficient (Wildman–Crippen LogP) is 4.22. The van der Waals surface area contributed by atoms with Crippen molar-refractivity contribution in [3.8, 4) is 0 Å². The summed E-state index contributed by atoms with van der Waals surface area (Å²) in [6.45, 7) is 4.00. The van der Waals surface area contributed by atoms with Gasteiger partial charge in [-0.2, -0.15) is 0 Å². The Kier molecular flexibility index (Phi) is 3.83. The fourth-order valence-electron chi connectivity index (χ4n) is 1.51. The lowest BCUT2D eigenvalue weighted by molar-refractivity contribution is 0.103. The number of hydrogen-bond donors (Lipinski definition) is 1. The van der Waals surface area contributed by atoms with E-state index in [0.717, 1.165) is 21.0 Å². The average molecular weight is 357 g/mol. The van der Waals surface area contributed by atoms with Gasteiger partial charge in [0.25, 0.3) is 5.91 Å². The molecule has 0 atom stereocenters. The molecule has 0 radical (unpaired) electrons. The minimum atomic E-state index is -0.0348. The third kappa shape index (κ3) is 3.07. The Morgan fingerprint density at radius 3 is 2.59 bits per heavy atom. The Balaban J connectivity index is 2.18. The summed E-state index contributed by atoms with van der Waals surface area (Å²) in [6.07, 6.45) is 0. The molecule has 0 fully saturated rings. The summed E-state index contributed by atoms with van der Waals surface area (Å²) >= 11 is 3.77. The fourth-order valence-corrected chi connectivity index (χ4v) is 2.92. The van der Waals surface area contributed by atoms with Crippen molar-refractivity contribution in [3.05, 3.63) is 49.2 Å². The SMILES string of the molecule is Cc1ccc(C(=O)Nc2ccc(I)cc2C)s1. The number of hydrogen-bond acceptors (Lipinski definition) is 2. The van der Waals surface area contributed by atoms with E-state index in [1.54, 1.807) is 0 Å². The molecule has 0 aliphatic rings. The average Bonchev–Trinajstić information content (AvgIpc) is 2.69. The minimum absolute atomic E-state index is 0.0348. The van der Waals surface area contributed by atoms with E-state index in [9.17, 15) is 4.79 Å². The first-order valence-corrected chi connectivity index (χ1v) is 7.10. The van der Waals surface area contributed by atoms with Gasteiger partial charge in [-0.05, 0) is 72.3 Å². The van der Waals surface area contributed by atoms with Crippen LogP contribution >= 0.6 is 33.9 Å². The second-order valence-corrected chi connectivity index (χ2v) is 6.36. The number of aryl methyl sites for hydroxylation is 2. The van der Waals surface area contributed by atoms with E-state index in [1.807, 2.05) is 38.1 Å². The molecule has 1 aromatic heterocycles. The third-order valence-corrected chi connectivity index (χ3v) is 4.07. The van der Waals surface area contributed by atoms with Gasteiger partial charge in [-0.3, -0.25) is 4.79 Å². The first-order valence-electron chi connectivity index (χ1n) is 5.20. The van der Waals surface area contributed by atoms with Gasteiger partial charge in [-0.1, -0.05) is 0 Å². The Hall–Kier alpha value is -0.880. The second kappa shape index (κ2) is 5.18. The van der Waals surface area contributed by atoms with E-state index in [2.05, 4.69) is 34.0 Å². The molecular weight excluding hydrogens is 345 g/mol. The molecule has 0 aliphatic heterocycles. The molecule has 0 unspecified atom stereocenters. The number of benzene rings is 1. The largest absolute Gasteiger partial charge is 0.321 e. The van der Waals surface area contributed by atoms with Gasteiger partial charge in [0.05, 0.1) is 4.88 Å². The topological polar surface area (TPSA) is 29.1 Å². The van der Waals surface area contributed by atoms with Crippen LogP contribution in [-0.2, 0) is 0 Å². The second-order valence-electron chi connectivity index (χ2n) is 3.82. The summed E-state index contributed by atoms with van der Waals surface area (Å²) in [7, 11) is 0. The highest BCUT2D eigenvalue weighted by molar-refractivity contribution is 14.1. The molecular formula is C13H12INOS. The molecule has 1 amide bonds. The molecule has 0 saturated carbocycles. The number of amides is 1. The predicted molar refractivity (Wildman–Crippen MR) is 80.9 cm³/mol. The lowest BCUT2D eigenvalue weighted by atomic mass is 10.2. The fraction of sp³-hybridized carbons (Fsp3) is 0.154. The first kappa shape index (κ1) is 12.6. The van der Waals surface area contributed by atoms with E-state index in [0.29, 0.717) is 0 Å². The van der Waals surface area contributed by atoms with Crippen molar-refractivity contribution in [3.63, 3.8) is 0 Å². The molecule has 2 aromatic rings. The van der Waals surface area contributed by atoms with Crippen LogP contribution in [-0.4, -0.2) is 5.91 Å². The zero-order valence-electron chi connectivity index (χ0n) is 9.58. The minimum Gasteiger partial charge on any atom is -0.321 e. The summed E-state index contributed by atoms with van der Waals surface area (Å²) in [5.74, 6) is -0.0348. The molecule has 2 nitrogen and oxygen atoms in total. The number of anilines is 1. The number of carbonyl (C=O) groups excluding carboxylic acids is 1. The Morgan fingerprint density at radius 2 is 2.00 bits per heavy atom. The molecule has 4 heteroatoms. The maximum absolute atomic E-state index is 12.0. The third-order valence-electron chi connectivity index (χ3n) is 2.40. The van der Waals surface area contributed by atoms with Gasteiger partial charge >= 0.3 is 0 Å². The van der Waals surface area contributed by atoms with Crippen molar-refractivity contribution in [1.29, 1.82) is 0 Å². The molecule has 2 rings (SSSR count). The molecule has 17 heavy (non-hydrogen) atoms. The van der Waals surface area contributed by atoms with Gasteiger partial charge in [0, 0.05) is 14.1 Å². The highest BCUT2D eigenvalue weighted by Crippen LogP contribution is 2.20. The smallest absolute Gasteiger partial charge is 0.265 e. The normalized spacial score (nSPS) is 10.3. The monoisotopic (exact) mass is 357 g/mol. The van der Waals surface area contributed by atoms with E-state index in [1.165, 1.54) is 14.9 Å². The van der Waals surface area contributed by atoms with E-state index in [-0.39, 0.29) is 5.91 Å². The Labute approximate surface area is 118 Å². The highest BCUT2D eigenvalue weighted by Gasteiger charge is 2.09. The molecule has 1 N–H and O–H groups in total. The molecule has 1 aromatic carbocycles. The van der Waals surface area contributed by atoms with E-state index < -0.39 is 0 Å².